The lowest BCUT2D eigenvalue weighted by molar-refractivity contribution is 0.789. The number of hydrogen-bond donors (Lipinski definition) is 1. The van der Waals surface area contributed by atoms with E-state index in [1.165, 1.54) is 5.56 Å². The first-order valence-electron chi connectivity index (χ1n) is 6.52. The van der Waals surface area contributed by atoms with E-state index in [1.807, 2.05) is 36.5 Å². The third-order valence-corrected chi connectivity index (χ3v) is 3.49. The van der Waals surface area contributed by atoms with Crippen molar-refractivity contribution in [2.45, 2.75) is 12.5 Å². The fourth-order valence-electron chi connectivity index (χ4n) is 2.14. The highest BCUT2D eigenvalue weighted by molar-refractivity contribution is 6.18. The molecular weight excluding hydrogens is 272 g/mol. The van der Waals surface area contributed by atoms with Crippen LogP contribution in [0.25, 0.3) is 5.65 Å². The molecule has 0 fully saturated rings. The Morgan fingerprint density at radius 1 is 1.15 bits per heavy atom. The monoisotopic (exact) mass is 286 g/mol. The van der Waals surface area contributed by atoms with Crippen molar-refractivity contribution in [1.29, 1.82) is 0 Å². The summed E-state index contributed by atoms with van der Waals surface area (Å²) < 4.78 is 1.73. The van der Waals surface area contributed by atoms with Crippen molar-refractivity contribution in [3.8, 4) is 0 Å². The Bertz CT molecular complexity index is 680. The molecule has 1 unspecified atom stereocenters. The average molecular weight is 287 g/mol. The van der Waals surface area contributed by atoms with E-state index in [4.69, 9.17) is 11.6 Å². The Balaban J connectivity index is 1.73. The van der Waals surface area contributed by atoms with E-state index in [0.717, 1.165) is 17.9 Å². The number of alkyl halides is 1. The van der Waals surface area contributed by atoms with Crippen LogP contribution < -0.4 is 5.32 Å². The van der Waals surface area contributed by atoms with Crippen molar-refractivity contribution in [1.82, 2.24) is 14.6 Å². The van der Waals surface area contributed by atoms with Crippen LogP contribution in [0.5, 0.6) is 0 Å². The molecule has 1 atom stereocenters. The molecule has 0 spiro atoms. The molecular formula is C15H15ClN4. The van der Waals surface area contributed by atoms with Gasteiger partial charge in [-0.1, -0.05) is 30.3 Å². The molecule has 20 heavy (non-hydrogen) atoms. The fraction of sp³-hybridized carbons (Fsp3) is 0.200. The van der Waals surface area contributed by atoms with Gasteiger partial charge in [0.15, 0.2) is 5.65 Å². The van der Waals surface area contributed by atoms with Crippen molar-refractivity contribution in [2.24, 2.45) is 0 Å². The van der Waals surface area contributed by atoms with Crippen LogP contribution in [0, 0.1) is 0 Å². The van der Waals surface area contributed by atoms with Crippen LogP contribution in [0.3, 0.4) is 0 Å². The molecule has 1 aromatic carbocycles. The minimum absolute atomic E-state index is 0.150. The van der Waals surface area contributed by atoms with Gasteiger partial charge in [-0.25, -0.2) is 9.50 Å². The summed E-state index contributed by atoms with van der Waals surface area (Å²) in [4.78, 5) is 4.50. The van der Waals surface area contributed by atoms with E-state index in [1.54, 1.807) is 10.7 Å². The summed E-state index contributed by atoms with van der Waals surface area (Å²) >= 11 is 6.06. The van der Waals surface area contributed by atoms with Crippen molar-refractivity contribution in [3.63, 3.8) is 0 Å². The summed E-state index contributed by atoms with van der Waals surface area (Å²) in [6, 6.07) is 14.2. The van der Waals surface area contributed by atoms with Gasteiger partial charge in [0.1, 0.15) is 5.82 Å². The zero-order chi connectivity index (χ0) is 13.8. The molecule has 102 valence electrons. The van der Waals surface area contributed by atoms with Crippen LogP contribution in [-0.2, 0) is 6.42 Å². The maximum Gasteiger partial charge on any atom is 0.157 e. The Labute approximate surface area is 122 Å². The van der Waals surface area contributed by atoms with Crippen LogP contribution in [0.2, 0.25) is 0 Å². The highest BCUT2D eigenvalue weighted by Gasteiger charge is 2.09. The first-order chi connectivity index (χ1) is 9.85. The summed E-state index contributed by atoms with van der Waals surface area (Å²) in [5.41, 5.74) is 2.08. The lowest BCUT2D eigenvalue weighted by Gasteiger charge is -2.16. The predicted molar refractivity (Wildman–Crippen MR) is 81.3 cm³/mol. The second-order valence-corrected chi connectivity index (χ2v) is 4.94. The average Bonchev–Trinajstić information content (AvgIpc) is 2.95. The van der Waals surface area contributed by atoms with Gasteiger partial charge < -0.3 is 5.32 Å². The fourth-order valence-corrected chi connectivity index (χ4v) is 2.33. The molecule has 3 aromatic rings. The number of nitrogens with one attached hydrogen (secondary N) is 1. The molecule has 0 radical (unpaired) electrons. The van der Waals surface area contributed by atoms with Crippen molar-refractivity contribution in [3.05, 3.63) is 60.4 Å². The molecule has 1 N–H and O–H groups in total. The third-order valence-electron chi connectivity index (χ3n) is 3.12. The Morgan fingerprint density at radius 3 is 2.80 bits per heavy atom. The highest BCUT2D eigenvalue weighted by Crippen LogP contribution is 2.11. The number of anilines is 1. The van der Waals surface area contributed by atoms with Crippen LogP contribution in [-0.4, -0.2) is 26.5 Å². The first kappa shape index (κ1) is 12.9. The van der Waals surface area contributed by atoms with Gasteiger partial charge in [-0.2, -0.15) is 5.10 Å². The zero-order valence-corrected chi connectivity index (χ0v) is 11.7. The van der Waals surface area contributed by atoms with Crippen LogP contribution >= 0.6 is 11.6 Å². The SMILES string of the molecule is ClCC(Cc1ccccc1)Nc1ccn2nccc2n1. The van der Waals surface area contributed by atoms with E-state index in [9.17, 15) is 0 Å². The molecule has 5 heteroatoms. The second-order valence-electron chi connectivity index (χ2n) is 4.63. The molecule has 3 rings (SSSR count). The van der Waals surface area contributed by atoms with E-state index in [0.29, 0.717) is 5.88 Å². The number of nitrogens with zero attached hydrogens (tertiary/aromatic N) is 3. The molecule has 0 amide bonds. The van der Waals surface area contributed by atoms with E-state index in [2.05, 4.69) is 27.5 Å². The number of benzene rings is 1. The number of halogens is 1. The molecule has 0 aliphatic rings. The first-order valence-corrected chi connectivity index (χ1v) is 7.05. The quantitative estimate of drug-likeness (QED) is 0.733. The van der Waals surface area contributed by atoms with Gasteiger partial charge in [-0.15, -0.1) is 11.6 Å². The molecule has 4 nitrogen and oxygen atoms in total. The van der Waals surface area contributed by atoms with Crippen LogP contribution in [0.1, 0.15) is 5.56 Å². The molecule has 2 heterocycles. The van der Waals surface area contributed by atoms with Gasteiger partial charge in [-0.05, 0) is 18.1 Å². The normalized spacial score (nSPS) is 12.4. The lowest BCUT2D eigenvalue weighted by atomic mass is 10.1. The Morgan fingerprint density at radius 2 is 2.00 bits per heavy atom. The molecule has 0 bridgehead atoms. The smallest absolute Gasteiger partial charge is 0.157 e. The van der Waals surface area contributed by atoms with Gasteiger partial charge in [0.2, 0.25) is 0 Å². The number of aromatic nitrogens is 3. The number of fused-ring (bicyclic) bond motifs is 1. The molecule has 0 aliphatic carbocycles. The van der Waals surface area contributed by atoms with E-state index < -0.39 is 0 Å². The molecule has 0 aliphatic heterocycles. The van der Waals surface area contributed by atoms with Crippen molar-refractivity contribution < 1.29 is 0 Å². The number of hydrogen-bond acceptors (Lipinski definition) is 3. The van der Waals surface area contributed by atoms with E-state index >= 15 is 0 Å². The topological polar surface area (TPSA) is 42.2 Å². The minimum Gasteiger partial charge on any atom is -0.366 e. The van der Waals surface area contributed by atoms with Crippen molar-refractivity contribution >= 4 is 23.1 Å². The number of rotatable bonds is 5. The standard InChI is InChI=1S/C15H15ClN4/c16-11-13(10-12-4-2-1-3-5-12)18-14-7-9-20-15(19-14)6-8-17-20/h1-9,13H,10-11H2,(H,18,19). The van der Waals surface area contributed by atoms with Crippen LogP contribution in [0.4, 0.5) is 5.82 Å². The maximum atomic E-state index is 6.06. The largest absolute Gasteiger partial charge is 0.366 e. The van der Waals surface area contributed by atoms with Crippen LogP contribution in [0.15, 0.2) is 54.9 Å². The summed E-state index contributed by atoms with van der Waals surface area (Å²) in [7, 11) is 0. The molecule has 0 saturated heterocycles. The second kappa shape index (κ2) is 5.92. The maximum absolute atomic E-state index is 6.06. The van der Waals surface area contributed by atoms with E-state index in [-0.39, 0.29) is 6.04 Å². The summed E-state index contributed by atoms with van der Waals surface area (Å²) in [6.45, 7) is 0. The third kappa shape index (κ3) is 2.91. The zero-order valence-electron chi connectivity index (χ0n) is 10.9. The van der Waals surface area contributed by atoms with Crippen molar-refractivity contribution in [2.75, 3.05) is 11.2 Å². The van der Waals surface area contributed by atoms with Gasteiger partial charge in [0.05, 0.1) is 6.20 Å². The lowest BCUT2D eigenvalue weighted by Crippen LogP contribution is -2.24. The minimum atomic E-state index is 0.150. The molecule has 0 saturated carbocycles. The van der Waals surface area contributed by atoms with Gasteiger partial charge in [0, 0.05) is 24.2 Å². The summed E-state index contributed by atoms with van der Waals surface area (Å²) in [6.07, 6.45) is 4.49. The summed E-state index contributed by atoms with van der Waals surface area (Å²) in [5.74, 6) is 1.35. The van der Waals surface area contributed by atoms with Gasteiger partial charge >= 0.3 is 0 Å². The Kier molecular flexibility index (Phi) is 3.83. The van der Waals surface area contributed by atoms with Gasteiger partial charge in [-0.3, -0.25) is 0 Å². The summed E-state index contributed by atoms with van der Waals surface area (Å²) in [5, 5.41) is 7.50. The predicted octanol–water partition coefficient (Wildman–Crippen LogP) is 2.99. The van der Waals surface area contributed by atoms with Gasteiger partial charge in [0.25, 0.3) is 0 Å². The Hall–Kier alpha value is -2.07. The molecule has 2 aromatic heterocycles. The highest BCUT2D eigenvalue weighted by atomic mass is 35.5.